The number of nitrogens with one attached hydrogen (secondary N) is 1. The second kappa shape index (κ2) is 8.45. The van der Waals surface area contributed by atoms with Gasteiger partial charge in [-0.25, -0.2) is 0 Å². The van der Waals surface area contributed by atoms with Crippen LogP contribution in [0.5, 0.6) is 0 Å². The van der Waals surface area contributed by atoms with Crippen LogP contribution in [0, 0.1) is 0 Å². The van der Waals surface area contributed by atoms with Crippen molar-refractivity contribution < 1.29 is 9.59 Å². The molecule has 0 spiro atoms. The second-order valence-electron chi connectivity index (χ2n) is 7.03. The normalized spacial score (nSPS) is 15.9. The van der Waals surface area contributed by atoms with Gasteiger partial charge in [0, 0.05) is 30.1 Å². The van der Waals surface area contributed by atoms with E-state index in [1.807, 2.05) is 53.4 Å². The summed E-state index contributed by atoms with van der Waals surface area (Å²) in [5.74, 6) is -0.102. The van der Waals surface area contributed by atoms with Crippen molar-refractivity contribution in [1.82, 2.24) is 4.90 Å². The Hall–Kier alpha value is -3.18. The van der Waals surface area contributed by atoms with E-state index in [2.05, 4.69) is 28.9 Å². The van der Waals surface area contributed by atoms with Crippen LogP contribution in [0.2, 0.25) is 0 Å². The number of amides is 2. The van der Waals surface area contributed by atoms with Crippen molar-refractivity contribution in [3.05, 3.63) is 93.7 Å². The predicted octanol–water partition coefficient (Wildman–Crippen LogP) is 4.89. The van der Waals surface area contributed by atoms with Gasteiger partial charge in [0.05, 0.1) is 6.04 Å². The first-order valence-electron chi connectivity index (χ1n) is 9.59. The summed E-state index contributed by atoms with van der Waals surface area (Å²) in [6, 6.07) is 19.7. The first kappa shape index (κ1) is 19.2. The van der Waals surface area contributed by atoms with Crippen molar-refractivity contribution in [2.75, 3.05) is 11.9 Å². The highest BCUT2D eigenvalue weighted by molar-refractivity contribution is 7.10. The molecule has 0 saturated carbocycles. The third kappa shape index (κ3) is 4.30. The number of hydrogen-bond donors (Lipinski definition) is 1. The summed E-state index contributed by atoms with van der Waals surface area (Å²) in [5.41, 5.74) is 4.02. The quantitative estimate of drug-likeness (QED) is 0.632. The van der Waals surface area contributed by atoms with Gasteiger partial charge in [-0.1, -0.05) is 42.5 Å². The Labute approximate surface area is 174 Å². The van der Waals surface area contributed by atoms with E-state index >= 15 is 0 Å². The summed E-state index contributed by atoms with van der Waals surface area (Å²) in [4.78, 5) is 27.5. The van der Waals surface area contributed by atoms with Gasteiger partial charge in [0.15, 0.2) is 0 Å². The van der Waals surface area contributed by atoms with Crippen LogP contribution in [0.4, 0.5) is 5.69 Å². The largest absolute Gasteiger partial charge is 0.328 e. The highest BCUT2D eigenvalue weighted by atomic mass is 32.1. The molecule has 146 valence electrons. The summed E-state index contributed by atoms with van der Waals surface area (Å²) >= 11 is 1.77. The maximum atomic E-state index is 13.1. The third-order valence-electron chi connectivity index (χ3n) is 5.01. The fourth-order valence-corrected chi connectivity index (χ4v) is 4.60. The van der Waals surface area contributed by atoms with E-state index in [4.69, 9.17) is 0 Å². The van der Waals surface area contributed by atoms with Crippen LogP contribution in [-0.4, -0.2) is 23.3 Å². The molecule has 1 atom stereocenters. The Morgan fingerprint density at radius 2 is 1.83 bits per heavy atom. The van der Waals surface area contributed by atoms with Crippen molar-refractivity contribution in [1.29, 1.82) is 0 Å². The molecule has 2 aromatic carbocycles. The average Bonchev–Trinajstić information content (AvgIpc) is 3.21. The molecule has 4 nitrogen and oxygen atoms in total. The Morgan fingerprint density at radius 1 is 1.07 bits per heavy atom. The molecule has 2 amide bonds. The molecule has 1 aliphatic rings. The van der Waals surface area contributed by atoms with Gasteiger partial charge in [-0.05, 0) is 52.8 Å². The van der Waals surface area contributed by atoms with E-state index in [0.717, 1.165) is 23.2 Å². The molecule has 1 aromatic heterocycles. The Balaban J connectivity index is 1.55. The molecular weight excluding hydrogens is 380 g/mol. The molecule has 3 aromatic rings. The van der Waals surface area contributed by atoms with E-state index in [0.29, 0.717) is 6.54 Å². The van der Waals surface area contributed by atoms with E-state index in [9.17, 15) is 9.59 Å². The van der Waals surface area contributed by atoms with Crippen molar-refractivity contribution in [2.24, 2.45) is 0 Å². The number of carbonyl (C=O) groups is 2. The fraction of sp³-hybridized carbons (Fsp3) is 0.167. The molecule has 29 heavy (non-hydrogen) atoms. The van der Waals surface area contributed by atoms with Crippen molar-refractivity contribution in [3.8, 4) is 0 Å². The van der Waals surface area contributed by atoms with Crippen molar-refractivity contribution >= 4 is 34.9 Å². The van der Waals surface area contributed by atoms with E-state index in [1.54, 1.807) is 17.4 Å². The minimum atomic E-state index is -0.103. The number of rotatable bonds is 4. The molecule has 0 bridgehead atoms. The van der Waals surface area contributed by atoms with E-state index in [-0.39, 0.29) is 17.9 Å². The molecule has 0 aliphatic carbocycles. The maximum Gasteiger partial charge on any atom is 0.247 e. The summed E-state index contributed by atoms with van der Waals surface area (Å²) in [7, 11) is 0. The van der Waals surface area contributed by atoms with Gasteiger partial charge in [0.25, 0.3) is 0 Å². The lowest BCUT2D eigenvalue weighted by Crippen LogP contribution is -2.39. The van der Waals surface area contributed by atoms with E-state index in [1.165, 1.54) is 17.4 Å². The third-order valence-corrected chi connectivity index (χ3v) is 6.01. The molecule has 1 aliphatic heterocycles. The number of nitrogens with zero attached hydrogens (tertiary/aromatic N) is 1. The van der Waals surface area contributed by atoms with Gasteiger partial charge in [0.2, 0.25) is 11.8 Å². The number of carbonyl (C=O) groups excluding carboxylic acids is 2. The monoisotopic (exact) mass is 402 g/mol. The Kier molecular flexibility index (Phi) is 5.58. The van der Waals surface area contributed by atoms with Gasteiger partial charge in [-0.15, -0.1) is 11.3 Å². The summed E-state index contributed by atoms with van der Waals surface area (Å²) in [6.07, 6.45) is 4.35. The number of fused-ring (bicyclic) bond motifs is 1. The van der Waals surface area contributed by atoms with Crippen LogP contribution < -0.4 is 5.32 Å². The lowest BCUT2D eigenvalue weighted by Gasteiger charge is -2.35. The molecule has 0 radical (unpaired) electrons. The average molecular weight is 403 g/mol. The molecule has 0 saturated heterocycles. The minimum Gasteiger partial charge on any atom is -0.328 e. The summed E-state index contributed by atoms with van der Waals surface area (Å²) in [6.45, 7) is 2.19. The van der Waals surface area contributed by atoms with Crippen LogP contribution in [-0.2, 0) is 16.0 Å². The van der Waals surface area contributed by atoms with E-state index < -0.39 is 0 Å². The fourth-order valence-electron chi connectivity index (χ4n) is 3.69. The number of thiophene rings is 1. The summed E-state index contributed by atoms with van der Waals surface area (Å²) in [5, 5.41) is 4.85. The zero-order valence-corrected chi connectivity index (χ0v) is 17.0. The maximum absolute atomic E-state index is 13.1. The molecule has 0 fully saturated rings. The van der Waals surface area contributed by atoms with Gasteiger partial charge < -0.3 is 10.2 Å². The lowest BCUT2D eigenvalue weighted by molar-refractivity contribution is -0.128. The first-order chi connectivity index (χ1) is 14.1. The molecule has 1 unspecified atom stereocenters. The van der Waals surface area contributed by atoms with Crippen LogP contribution in [0.15, 0.2) is 72.1 Å². The second-order valence-corrected chi connectivity index (χ2v) is 8.03. The predicted molar refractivity (Wildman–Crippen MR) is 118 cm³/mol. The minimum absolute atomic E-state index is 0.00152. The van der Waals surface area contributed by atoms with Crippen molar-refractivity contribution in [2.45, 2.75) is 19.4 Å². The van der Waals surface area contributed by atoms with Crippen LogP contribution in [0.3, 0.4) is 0 Å². The van der Waals surface area contributed by atoms with Gasteiger partial charge in [0.1, 0.15) is 0 Å². The molecule has 5 heteroatoms. The lowest BCUT2D eigenvalue weighted by atomic mass is 9.93. The highest BCUT2D eigenvalue weighted by Gasteiger charge is 2.31. The standard InChI is InChI=1S/C24H22N2O2S/c1-17(27)25-20-10-7-18(8-11-20)9-12-23(28)26-15-13-22-21(14-16-29-22)24(26)19-5-3-2-4-6-19/h2-12,14,16,24H,13,15H2,1H3,(H,25,27)/b12-9+. The van der Waals surface area contributed by atoms with Gasteiger partial charge in [-0.2, -0.15) is 0 Å². The topological polar surface area (TPSA) is 49.4 Å². The zero-order chi connectivity index (χ0) is 20.2. The SMILES string of the molecule is CC(=O)Nc1ccc(/C=C/C(=O)N2CCc3sccc3C2c2ccccc2)cc1. The molecule has 4 rings (SSSR count). The Morgan fingerprint density at radius 3 is 2.55 bits per heavy atom. The molecular formula is C24H22N2O2S. The van der Waals surface area contributed by atoms with Crippen LogP contribution in [0.25, 0.3) is 6.08 Å². The highest BCUT2D eigenvalue weighted by Crippen LogP contribution is 2.37. The van der Waals surface area contributed by atoms with Gasteiger partial charge >= 0.3 is 0 Å². The molecule has 1 N–H and O–H groups in total. The van der Waals surface area contributed by atoms with Crippen molar-refractivity contribution in [3.63, 3.8) is 0 Å². The van der Waals surface area contributed by atoms with Crippen LogP contribution in [0.1, 0.15) is 34.5 Å². The summed E-state index contributed by atoms with van der Waals surface area (Å²) < 4.78 is 0. The smallest absolute Gasteiger partial charge is 0.247 e. The van der Waals surface area contributed by atoms with Gasteiger partial charge in [-0.3, -0.25) is 9.59 Å². The Bertz CT molecular complexity index is 1040. The van der Waals surface area contributed by atoms with Crippen LogP contribution >= 0.6 is 11.3 Å². The zero-order valence-electron chi connectivity index (χ0n) is 16.2. The number of benzene rings is 2. The number of anilines is 1. The number of hydrogen-bond acceptors (Lipinski definition) is 3. The first-order valence-corrected chi connectivity index (χ1v) is 10.5. The molecule has 2 heterocycles.